The van der Waals surface area contributed by atoms with Crippen LogP contribution in [0, 0.1) is 6.85 Å². The van der Waals surface area contributed by atoms with Gasteiger partial charge in [0.2, 0.25) is 0 Å². The molecular formula is C8H7NS. The van der Waals surface area contributed by atoms with Crippen LogP contribution in [0.1, 0.15) is 13.8 Å². The molecule has 0 amide bonds. The van der Waals surface area contributed by atoms with Crippen LogP contribution in [-0.4, -0.2) is 4.98 Å². The minimum Gasteiger partial charge on any atom is -0.244 e. The van der Waals surface area contributed by atoms with E-state index in [4.69, 9.17) is 8.22 Å². The van der Waals surface area contributed by atoms with Crippen LogP contribution in [0.5, 0.6) is 0 Å². The summed E-state index contributed by atoms with van der Waals surface area (Å²) in [7, 11) is 0. The summed E-state index contributed by atoms with van der Waals surface area (Å²) in [5, 5.41) is 0. The zero-order valence-corrected chi connectivity index (χ0v) is 5.75. The maximum absolute atomic E-state index is 7.63. The topological polar surface area (TPSA) is 12.9 Å². The summed E-state index contributed by atoms with van der Waals surface area (Å²) in [5.74, 6) is 0. The van der Waals surface area contributed by atoms with E-state index in [0.29, 0.717) is 4.70 Å². The first-order valence-electron chi connectivity index (χ1n) is 5.67. The standard InChI is InChI=1S/C8H7NS/c1-6-3-2-4-7-8(6)9-5-10-7/h2-5H,1H3/i1D3,2D,3D,4D. The van der Waals surface area contributed by atoms with Gasteiger partial charge in [0.15, 0.2) is 0 Å². The highest BCUT2D eigenvalue weighted by atomic mass is 32.1. The molecule has 0 aliphatic heterocycles. The number of para-hydroxylation sites is 1. The highest BCUT2D eigenvalue weighted by Crippen LogP contribution is 2.19. The van der Waals surface area contributed by atoms with Crippen molar-refractivity contribution in [3.8, 4) is 0 Å². The highest BCUT2D eigenvalue weighted by Gasteiger charge is 1.96. The Bertz CT molecular complexity index is 558. The summed E-state index contributed by atoms with van der Waals surface area (Å²) in [4.78, 5) is 3.88. The number of rotatable bonds is 0. The van der Waals surface area contributed by atoms with Crippen LogP contribution in [-0.2, 0) is 0 Å². The average Bonchev–Trinajstić information content (AvgIpc) is 2.61. The number of hydrogen-bond acceptors (Lipinski definition) is 2. The first-order valence-corrected chi connectivity index (χ1v) is 3.55. The molecule has 0 unspecified atom stereocenters. The van der Waals surface area contributed by atoms with Crippen molar-refractivity contribution in [2.45, 2.75) is 6.85 Å². The third-order valence-corrected chi connectivity index (χ3v) is 1.91. The third-order valence-electron chi connectivity index (χ3n) is 1.17. The molecule has 50 valence electrons. The van der Waals surface area contributed by atoms with Gasteiger partial charge in [-0.3, -0.25) is 0 Å². The van der Waals surface area contributed by atoms with Crippen molar-refractivity contribution >= 4 is 21.6 Å². The predicted octanol–water partition coefficient (Wildman–Crippen LogP) is 2.60. The molecule has 0 atom stereocenters. The van der Waals surface area contributed by atoms with Gasteiger partial charge in [-0.25, -0.2) is 4.98 Å². The van der Waals surface area contributed by atoms with E-state index in [-0.39, 0.29) is 23.2 Å². The Balaban J connectivity index is 2.97. The van der Waals surface area contributed by atoms with Gasteiger partial charge in [0.1, 0.15) is 0 Å². The van der Waals surface area contributed by atoms with Gasteiger partial charge in [0, 0.05) is 4.11 Å². The second-order valence-electron chi connectivity index (χ2n) is 1.78. The van der Waals surface area contributed by atoms with Crippen molar-refractivity contribution in [3.05, 3.63) is 29.2 Å². The summed E-state index contributed by atoms with van der Waals surface area (Å²) >= 11 is 1.12. The molecule has 2 rings (SSSR count). The largest absolute Gasteiger partial charge is 0.244 e. The van der Waals surface area contributed by atoms with E-state index in [1.54, 1.807) is 0 Å². The third kappa shape index (κ3) is 0.727. The van der Waals surface area contributed by atoms with Gasteiger partial charge in [-0.1, -0.05) is 12.1 Å². The average molecular weight is 155 g/mol. The molecule has 2 aromatic rings. The number of aromatic nitrogens is 1. The molecule has 0 aliphatic rings. The number of fused-ring (bicyclic) bond motifs is 1. The molecule has 10 heavy (non-hydrogen) atoms. The maximum Gasteiger partial charge on any atom is 0.0841 e. The molecule has 0 bridgehead atoms. The van der Waals surface area contributed by atoms with Gasteiger partial charge in [-0.05, 0) is 18.5 Å². The van der Waals surface area contributed by atoms with E-state index in [9.17, 15) is 0 Å². The van der Waals surface area contributed by atoms with Crippen LogP contribution < -0.4 is 0 Å². The molecule has 1 nitrogen and oxygen atoms in total. The Labute approximate surface area is 71.8 Å². The normalized spacial score (nSPS) is 20.4. The summed E-state index contributed by atoms with van der Waals surface area (Å²) in [5.41, 5.74) is 1.34. The van der Waals surface area contributed by atoms with Crippen LogP contribution >= 0.6 is 11.3 Å². The lowest BCUT2D eigenvalue weighted by Gasteiger charge is -1.90. The molecule has 0 fully saturated rings. The fourth-order valence-electron chi connectivity index (χ4n) is 0.723. The Morgan fingerprint density at radius 2 is 2.70 bits per heavy atom. The molecule has 1 aromatic carbocycles. The molecule has 0 saturated carbocycles. The van der Waals surface area contributed by atoms with E-state index in [1.807, 2.05) is 0 Å². The molecule has 0 saturated heterocycles. The minimum atomic E-state index is -2.48. The second kappa shape index (κ2) is 2.06. The highest BCUT2D eigenvalue weighted by molar-refractivity contribution is 7.16. The fourth-order valence-corrected chi connectivity index (χ4v) is 1.36. The monoisotopic (exact) mass is 155 g/mol. The van der Waals surface area contributed by atoms with E-state index < -0.39 is 12.9 Å². The van der Waals surface area contributed by atoms with E-state index >= 15 is 0 Å². The first kappa shape index (κ1) is 2.31. The Hall–Kier alpha value is -0.890. The van der Waals surface area contributed by atoms with Gasteiger partial charge < -0.3 is 0 Å². The maximum atomic E-state index is 7.63. The van der Waals surface area contributed by atoms with Crippen LogP contribution in [0.2, 0.25) is 0 Å². The number of nitrogens with zero attached hydrogens (tertiary/aromatic N) is 1. The van der Waals surface area contributed by atoms with Crippen LogP contribution in [0.15, 0.2) is 23.6 Å². The van der Waals surface area contributed by atoms with Gasteiger partial charge in [0.05, 0.1) is 19.8 Å². The molecule has 0 aliphatic carbocycles. The zero-order valence-electron chi connectivity index (χ0n) is 10.9. The molecule has 2 heteroatoms. The van der Waals surface area contributed by atoms with Crippen LogP contribution in [0.3, 0.4) is 0 Å². The van der Waals surface area contributed by atoms with Crippen molar-refractivity contribution < 1.29 is 8.22 Å². The van der Waals surface area contributed by atoms with E-state index in [0.717, 1.165) is 11.3 Å². The molecule has 0 spiro atoms. The molecule has 1 heterocycles. The summed E-state index contributed by atoms with van der Waals surface area (Å²) < 4.78 is 45.1. The second-order valence-corrected chi connectivity index (χ2v) is 2.63. The summed E-state index contributed by atoms with van der Waals surface area (Å²) in [6, 6.07) is -0.915. The molecule has 1 aromatic heterocycles. The number of hydrogen-bond donors (Lipinski definition) is 0. The fraction of sp³-hybridized carbons (Fsp3) is 0.125. The van der Waals surface area contributed by atoms with Crippen LogP contribution in [0.25, 0.3) is 10.2 Å². The zero-order chi connectivity index (χ0) is 12.1. The molecular weight excluding hydrogens is 142 g/mol. The quantitative estimate of drug-likeness (QED) is 0.570. The number of aryl methyl sites for hydroxylation is 1. The molecule has 0 N–H and O–H groups in total. The van der Waals surface area contributed by atoms with Gasteiger partial charge >= 0.3 is 0 Å². The SMILES string of the molecule is [2H]c1c([2H])c([2H])c2scnc2c1C([2H])([2H])[2H]. The minimum absolute atomic E-state index is 0.129. The first-order chi connectivity index (χ1) is 7.34. The van der Waals surface area contributed by atoms with Gasteiger partial charge in [0.25, 0.3) is 0 Å². The van der Waals surface area contributed by atoms with Crippen molar-refractivity contribution in [2.75, 3.05) is 0 Å². The van der Waals surface area contributed by atoms with Crippen molar-refractivity contribution in [1.82, 2.24) is 4.98 Å². The lowest BCUT2D eigenvalue weighted by atomic mass is 10.2. The van der Waals surface area contributed by atoms with Crippen molar-refractivity contribution in [2.24, 2.45) is 0 Å². The Kier molecular flexibility index (Phi) is 0.475. The Morgan fingerprint density at radius 1 is 1.70 bits per heavy atom. The number of thiazole rings is 1. The molecule has 0 radical (unpaired) electrons. The van der Waals surface area contributed by atoms with Gasteiger partial charge in [-0.15, -0.1) is 11.3 Å². The predicted molar refractivity (Wildman–Crippen MR) is 44.4 cm³/mol. The Morgan fingerprint density at radius 3 is 3.60 bits per heavy atom. The van der Waals surface area contributed by atoms with E-state index in [2.05, 4.69) is 4.98 Å². The van der Waals surface area contributed by atoms with E-state index in [1.165, 1.54) is 5.51 Å². The van der Waals surface area contributed by atoms with Gasteiger partial charge in [-0.2, -0.15) is 0 Å². The number of benzene rings is 1. The summed E-state index contributed by atoms with van der Waals surface area (Å²) in [6.07, 6.45) is 0. The lowest BCUT2D eigenvalue weighted by molar-refractivity contribution is 1.43. The van der Waals surface area contributed by atoms with Crippen LogP contribution in [0.4, 0.5) is 0 Å². The summed E-state index contributed by atoms with van der Waals surface area (Å²) in [6.45, 7) is -2.48. The van der Waals surface area contributed by atoms with Crippen molar-refractivity contribution in [3.63, 3.8) is 0 Å². The lowest BCUT2D eigenvalue weighted by Crippen LogP contribution is -1.72. The van der Waals surface area contributed by atoms with Crippen molar-refractivity contribution in [1.29, 1.82) is 0 Å². The smallest absolute Gasteiger partial charge is 0.0841 e.